The number of amidine groups is 1. The Bertz CT molecular complexity index is 483. The number of unbranched alkanes of at least 4 members (excludes halogenated alkanes) is 11. The molecule has 0 N–H and O–H groups in total. The minimum absolute atomic E-state index is 0. The van der Waals surface area contributed by atoms with Crippen molar-refractivity contribution >= 4 is 11.8 Å². The Labute approximate surface area is 233 Å². The van der Waals surface area contributed by atoms with Gasteiger partial charge >= 0.3 is 51.4 Å². The number of ether oxygens (including phenoxy) is 1. The average Bonchev–Trinajstić information content (AvgIpc) is 3.17. The number of nitrogens with zero attached hydrogens (tertiary/aromatic N) is 2. The Morgan fingerprint density at radius 3 is 2.23 bits per heavy atom. The van der Waals surface area contributed by atoms with E-state index in [0.717, 1.165) is 26.1 Å². The van der Waals surface area contributed by atoms with Gasteiger partial charge in [0.15, 0.2) is 0 Å². The van der Waals surface area contributed by atoms with E-state index in [-0.39, 0.29) is 64.4 Å². The number of hydrogen-bond donors (Lipinski definition) is 0. The number of rotatable bonds is 21. The van der Waals surface area contributed by atoms with E-state index in [1.807, 2.05) is 0 Å². The molecule has 0 aromatic carbocycles. The molecular formula is C25H45KN2O3. The minimum Gasteiger partial charge on any atom is -0.550 e. The van der Waals surface area contributed by atoms with Crippen LogP contribution in [-0.4, -0.2) is 49.6 Å². The Morgan fingerprint density at radius 2 is 1.58 bits per heavy atom. The zero-order valence-electron chi connectivity index (χ0n) is 20.4. The van der Waals surface area contributed by atoms with Crippen molar-refractivity contribution < 1.29 is 66.0 Å². The van der Waals surface area contributed by atoms with Crippen LogP contribution in [0.1, 0.15) is 103 Å². The third-order valence-electron chi connectivity index (χ3n) is 5.65. The zero-order valence-corrected chi connectivity index (χ0v) is 23.5. The number of carbonyl (C=O) groups excluding carboxylic acids is 1. The smallest absolute Gasteiger partial charge is 0.550 e. The first-order valence-corrected chi connectivity index (χ1v) is 12.4. The van der Waals surface area contributed by atoms with Crippen LogP contribution in [0.15, 0.2) is 17.1 Å². The molecule has 1 rings (SSSR count). The second-order valence-corrected chi connectivity index (χ2v) is 8.35. The van der Waals surface area contributed by atoms with Crippen LogP contribution in [0.5, 0.6) is 0 Å². The molecule has 0 saturated carbocycles. The molecule has 0 spiro atoms. The Morgan fingerprint density at radius 1 is 0.968 bits per heavy atom. The van der Waals surface area contributed by atoms with Crippen LogP contribution >= 0.6 is 0 Å². The molecule has 0 saturated heterocycles. The summed E-state index contributed by atoms with van der Waals surface area (Å²) in [5.74, 6) is 0.152. The third kappa shape index (κ3) is 19.5. The second-order valence-electron chi connectivity index (χ2n) is 8.35. The topological polar surface area (TPSA) is 65.0 Å². The van der Waals surface area contributed by atoms with Gasteiger partial charge in [0.2, 0.25) is 0 Å². The Hall–Kier alpha value is 0.276. The van der Waals surface area contributed by atoms with E-state index < -0.39 is 5.97 Å². The number of carboxylic acids is 1. The maximum absolute atomic E-state index is 10.4. The molecule has 6 heteroatoms. The summed E-state index contributed by atoms with van der Waals surface area (Å²) in [5.41, 5.74) is 0. The summed E-state index contributed by atoms with van der Waals surface area (Å²) in [4.78, 5) is 17.3. The first-order valence-electron chi connectivity index (χ1n) is 12.4. The number of aliphatic carboxylic acids is 1. The molecule has 0 bridgehead atoms. The summed E-state index contributed by atoms with van der Waals surface area (Å²) >= 11 is 0. The van der Waals surface area contributed by atoms with Crippen LogP contribution < -0.4 is 56.5 Å². The molecule has 5 nitrogen and oxygen atoms in total. The summed E-state index contributed by atoms with van der Waals surface area (Å²) in [6, 6.07) is 0. The van der Waals surface area contributed by atoms with Crippen molar-refractivity contribution in [2.75, 3.05) is 32.8 Å². The van der Waals surface area contributed by atoms with Crippen molar-refractivity contribution in [3.63, 3.8) is 0 Å². The van der Waals surface area contributed by atoms with Crippen LogP contribution in [0, 0.1) is 0 Å². The molecule has 0 atom stereocenters. The van der Waals surface area contributed by atoms with Gasteiger partial charge in [0.25, 0.3) is 0 Å². The molecule has 174 valence electrons. The van der Waals surface area contributed by atoms with Gasteiger partial charge in [-0.15, -0.1) is 0 Å². The van der Waals surface area contributed by atoms with Gasteiger partial charge in [0.05, 0.1) is 25.6 Å². The first-order chi connectivity index (χ1) is 14.7. The van der Waals surface area contributed by atoms with E-state index in [4.69, 9.17) is 4.74 Å². The van der Waals surface area contributed by atoms with Gasteiger partial charge in [-0.1, -0.05) is 70.4 Å². The first kappa shape index (κ1) is 31.3. The van der Waals surface area contributed by atoms with Gasteiger partial charge in [0.1, 0.15) is 0 Å². The number of carboxylic acid groups (broad SMARTS) is 1. The number of carbonyl (C=O) groups is 1. The molecule has 31 heavy (non-hydrogen) atoms. The van der Waals surface area contributed by atoms with Gasteiger partial charge in [-0.3, -0.25) is 4.99 Å². The van der Waals surface area contributed by atoms with E-state index >= 15 is 0 Å². The van der Waals surface area contributed by atoms with Gasteiger partial charge < -0.3 is 19.5 Å². The van der Waals surface area contributed by atoms with Crippen molar-refractivity contribution in [3.8, 4) is 0 Å². The van der Waals surface area contributed by atoms with Crippen LogP contribution in [-0.2, 0) is 9.53 Å². The van der Waals surface area contributed by atoms with E-state index in [9.17, 15) is 9.90 Å². The van der Waals surface area contributed by atoms with Crippen LogP contribution in [0.3, 0.4) is 0 Å². The van der Waals surface area contributed by atoms with E-state index in [2.05, 4.69) is 29.0 Å². The Balaban J connectivity index is 0.00000900. The van der Waals surface area contributed by atoms with E-state index in [1.54, 1.807) is 0 Å². The van der Waals surface area contributed by atoms with Crippen molar-refractivity contribution in [3.05, 3.63) is 12.2 Å². The monoisotopic (exact) mass is 460 g/mol. The molecule has 0 amide bonds. The molecule has 1 heterocycles. The summed E-state index contributed by atoms with van der Waals surface area (Å²) in [6.07, 6.45) is 23.0. The Kier molecular flexibility index (Phi) is 23.6. The molecule has 0 unspecified atom stereocenters. The molecule has 0 aliphatic carbocycles. The van der Waals surface area contributed by atoms with Crippen LogP contribution in [0.2, 0.25) is 0 Å². The fourth-order valence-corrected chi connectivity index (χ4v) is 3.79. The van der Waals surface area contributed by atoms with Crippen LogP contribution in [0.4, 0.5) is 0 Å². The van der Waals surface area contributed by atoms with Crippen LogP contribution in [0.25, 0.3) is 0 Å². The van der Waals surface area contributed by atoms with Crippen molar-refractivity contribution in [1.29, 1.82) is 0 Å². The maximum atomic E-state index is 10.4. The largest absolute Gasteiger partial charge is 1.00 e. The van der Waals surface area contributed by atoms with Gasteiger partial charge in [-0.05, 0) is 32.1 Å². The van der Waals surface area contributed by atoms with Gasteiger partial charge in [0, 0.05) is 31.9 Å². The maximum Gasteiger partial charge on any atom is 1.00 e. The molecule has 1 aliphatic rings. The summed E-state index contributed by atoms with van der Waals surface area (Å²) in [5, 5.41) is 10.4. The van der Waals surface area contributed by atoms with E-state index in [0.29, 0.717) is 6.61 Å². The molecular weight excluding hydrogens is 415 g/mol. The standard InChI is InChI=1S/C25H46N2O3.K/c1-2-3-4-5-6-7-8-9-10-11-12-13-14-15-16-17-24-26-19-20-27(24)21-23-30-22-18-25(28)29;/h9-10H,2-8,11-23H2,1H3,(H,28,29);/q;+1/p-1/b10-9+;. The molecule has 0 fully saturated rings. The minimum atomic E-state index is -1.05. The van der Waals surface area contributed by atoms with E-state index in [1.165, 1.54) is 89.3 Å². The fourth-order valence-electron chi connectivity index (χ4n) is 3.79. The number of allylic oxidation sites excluding steroid dienone is 2. The second kappa shape index (κ2) is 23.4. The van der Waals surface area contributed by atoms with Crippen molar-refractivity contribution in [2.45, 2.75) is 103 Å². The zero-order chi connectivity index (χ0) is 21.7. The predicted octanol–water partition coefficient (Wildman–Crippen LogP) is 1.90. The molecule has 0 aromatic rings. The van der Waals surface area contributed by atoms with Gasteiger partial charge in [-0.25, -0.2) is 0 Å². The summed E-state index contributed by atoms with van der Waals surface area (Å²) < 4.78 is 5.36. The SMILES string of the molecule is CCCCCCCC/C=C/CCCCCCCC1=NCCN1CCOCCC(=O)[O-].[K+]. The number of aliphatic imine (C=N–C) groups is 1. The fraction of sp³-hybridized carbons (Fsp3) is 0.840. The quantitative estimate of drug-likeness (QED) is 0.149. The van der Waals surface area contributed by atoms with Gasteiger partial charge in [-0.2, -0.15) is 0 Å². The number of hydrogen-bond acceptors (Lipinski definition) is 5. The third-order valence-corrected chi connectivity index (χ3v) is 5.65. The molecule has 0 radical (unpaired) electrons. The summed E-state index contributed by atoms with van der Waals surface area (Å²) in [7, 11) is 0. The molecule has 1 aliphatic heterocycles. The van der Waals surface area contributed by atoms with Crippen molar-refractivity contribution in [1.82, 2.24) is 4.90 Å². The van der Waals surface area contributed by atoms with Crippen molar-refractivity contribution in [2.24, 2.45) is 4.99 Å². The predicted molar refractivity (Wildman–Crippen MR) is 124 cm³/mol. The summed E-state index contributed by atoms with van der Waals surface area (Å²) in [6.45, 7) is 5.70. The normalized spacial score (nSPS) is 13.6. The molecule has 0 aromatic heterocycles. The average molecular weight is 461 g/mol.